The first kappa shape index (κ1) is 20.5. The van der Waals surface area contributed by atoms with Crippen molar-refractivity contribution in [2.75, 3.05) is 13.2 Å². The second-order valence-corrected chi connectivity index (χ2v) is 10.2. The second-order valence-electron chi connectivity index (χ2n) is 10.2. The van der Waals surface area contributed by atoms with E-state index >= 15 is 0 Å². The van der Waals surface area contributed by atoms with Crippen LogP contribution < -0.4 is 0 Å². The Hall–Kier alpha value is -0.750. The summed E-state index contributed by atoms with van der Waals surface area (Å²) < 4.78 is 0. The van der Waals surface area contributed by atoms with Crippen molar-refractivity contribution in [3.8, 4) is 0 Å². The summed E-state index contributed by atoms with van der Waals surface area (Å²) in [5, 5.41) is 39.3. The van der Waals surface area contributed by atoms with E-state index in [1.807, 2.05) is 0 Å². The normalized spacial score (nSPS) is 47.3. The molecule has 9 atom stereocenters. The Bertz CT molecular complexity index is 632. The molecule has 0 aromatic rings. The molecule has 28 heavy (non-hydrogen) atoms. The van der Waals surface area contributed by atoms with Crippen LogP contribution in [0.25, 0.3) is 0 Å². The number of aliphatic hydroxyl groups excluding tert-OH is 4. The smallest absolute Gasteiger partial charge is 0.130 e. The molecule has 5 nitrogen and oxygen atoms in total. The van der Waals surface area contributed by atoms with Gasteiger partial charge in [-0.05, 0) is 86.4 Å². The number of carbonyl (C=O) groups is 1. The van der Waals surface area contributed by atoms with Gasteiger partial charge in [-0.3, -0.25) is 0 Å². The van der Waals surface area contributed by atoms with Crippen molar-refractivity contribution in [1.29, 1.82) is 0 Å². The number of hydrogen-bond donors (Lipinski definition) is 4. The van der Waals surface area contributed by atoms with Crippen molar-refractivity contribution >= 4 is 6.29 Å². The Balaban J connectivity index is 1.62. The summed E-state index contributed by atoms with van der Waals surface area (Å²) in [4.78, 5) is 12.5. The molecule has 4 unspecified atom stereocenters. The Labute approximate surface area is 167 Å². The maximum absolute atomic E-state index is 12.5. The van der Waals surface area contributed by atoms with Crippen LogP contribution in [0, 0.1) is 40.4 Å². The SMILES string of the molecule is C[C@]12CC[C@@H]3[C@@H](CC=C4CC(C(O)CO)CC[C@@]43C=O)[C@@H]1CCC2C(O)CO. The molecule has 0 radical (unpaired) electrons. The topological polar surface area (TPSA) is 98.0 Å². The lowest BCUT2D eigenvalue weighted by Crippen LogP contribution is -2.53. The minimum Gasteiger partial charge on any atom is -0.394 e. The van der Waals surface area contributed by atoms with Crippen LogP contribution in [0.5, 0.6) is 0 Å². The Kier molecular flexibility index (Phi) is 5.49. The van der Waals surface area contributed by atoms with Crippen LogP contribution in [0.4, 0.5) is 0 Å². The number of aldehydes is 1. The van der Waals surface area contributed by atoms with E-state index in [1.165, 1.54) is 11.9 Å². The highest BCUT2D eigenvalue weighted by molar-refractivity contribution is 5.67. The summed E-state index contributed by atoms with van der Waals surface area (Å²) in [5.41, 5.74) is 0.841. The average molecular weight is 393 g/mol. The highest BCUT2D eigenvalue weighted by atomic mass is 16.3. The van der Waals surface area contributed by atoms with Crippen molar-refractivity contribution in [1.82, 2.24) is 0 Å². The number of fused-ring (bicyclic) bond motifs is 5. The van der Waals surface area contributed by atoms with E-state index in [1.54, 1.807) is 0 Å². The monoisotopic (exact) mass is 392 g/mol. The third-order valence-corrected chi connectivity index (χ3v) is 9.41. The lowest BCUT2D eigenvalue weighted by Gasteiger charge is -2.57. The molecular weight excluding hydrogens is 356 g/mol. The van der Waals surface area contributed by atoms with Crippen molar-refractivity contribution in [3.05, 3.63) is 11.6 Å². The number of allylic oxidation sites excluding steroid dienone is 2. The molecule has 0 aliphatic heterocycles. The van der Waals surface area contributed by atoms with E-state index in [4.69, 9.17) is 0 Å². The number of aliphatic hydroxyl groups is 4. The third-order valence-electron chi connectivity index (χ3n) is 9.41. The van der Waals surface area contributed by atoms with Crippen LogP contribution in [0.1, 0.15) is 58.3 Å². The van der Waals surface area contributed by atoms with Crippen molar-refractivity contribution in [2.45, 2.75) is 70.5 Å². The predicted octanol–water partition coefficient (Wildman–Crippen LogP) is 2.07. The van der Waals surface area contributed by atoms with Crippen LogP contribution in [0.2, 0.25) is 0 Å². The van der Waals surface area contributed by atoms with E-state index in [0.717, 1.165) is 51.4 Å². The Morgan fingerprint density at radius 3 is 2.50 bits per heavy atom. The summed E-state index contributed by atoms with van der Waals surface area (Å²) in [6, 6.07) is 0. The number of rotatable bonds is 5. The molecule has 3 saturated carbocycles. The fourth-order valence-corrected chi connectivity index (χ4v) is 7.89. The Morgan fingerprint density at radius 1 is 1.07 bits per heavy atom. The van der Waals surface area contributed by atoms with Gasteiger partial charge >= 0.3 is 0 Å². The lowest BCUT2D eigenvalue weighted by atomic mass is 9.46. The van der Waals surface area contributed by atoms with Gasteiger partial charge in [-0.2, -0.15) is 0 Å². The van der Waals surface area contributed by atoms with Gasteiger partial charge in [0.25, 0.3) is 0 Å². The molecular formula is C23H36O5. The second kappa shape index (κ2) is 7.50. The van der Waals surface area contributed by atoms with Gasteiger partial charge in [0, 0.05) is 5.41 Å². The van der Waals surface area contributed by atoms with Crippen LogP contribution in [0.3, 0.4) is 0 Å². The fraction of sp³-hybridized carbons (Fsp3) is 0.870. The maximum Gasteiger partial charge on any atom is 0.130 e. The van der Waals surface area contributed by atoms with Crippen LogP contribution in [-0.4, -0.2) is 52.1 Å². The molecule has 4 N–H and O–H groups in total. The van der Waals surface area contributed by atoms with E-state index in [2.05, 4.69) is 13.0 Å². The van der Waals surface area contributed by atoms with Gasteiger partial charge in [0.1, 0.15) is 6.29 Å². The zero-order chi connectivity index (χ0) is 20.1. The van der Waals surface area contributed by atoms with E-state index in [9.17, 15) is 25.2 Å². The minimum absolute atomic E-state index is 0.0447. The summed E-state index contributed by atoms with van der Waals surface area (Å²) in [6.45, 7) is 1.91. The molecule has 4 aliphatic carbocycles. The molecule has 0 aromatic heterocycles. The van der Waals surface area contributed by atoms with Gasteiger partial charge in [0.15, 0.2) is 0 Å². The van der Waals surface area contributed by atoms with Gasteiger partial charge in [0.05, 0.1) is 25.4 Å². The molecule has 4 aliphatic rings. The molecule has 4 rings (SSSR count). The maximum atomic E-state index is 12.5. The van der Waals surface area contributed by atoms with Gasteiger partial charge in [-0.1, -0.05) is 18.6 Å². The summed E-state index contributed by atoms with van der Waals surface area (Å²) in [5.74, 6) is 1.50. The van der Waals surface area contributed by atoms with Crippen molar-refractivity contribution < 1.29 is 25.2 Å². The lowest BCUT2D eigenvalue weighted by molar-refractivity contribution is -0.128. The standard InChI is InChI=1S/C23H36O5/c1-22-8-7-18-16(17(22)4-5-19(22)21(28)12-25)3-2-15-10-14(20(27)11-24)6-9-23(15,18)13-26/h2,13-14,16-21,24-25,27-28H,3-12H2,1H3/t14?,16-,17-,18+,19?,20?,21?,22-,23+/m0/s1. The number of hydrogen-bond acceptors (Lipinski definition) is 5. The van der Waals surface area contributed by atoms with Gasteiger partial charge in [-0.15, -0.1) is 0 Å². The van der Waals surface area contributed by atoms with Crippen molar-refractivity contribution in [3.63, 3.8) is 0 Å². The molecule has 0 amide bonds. The van der Waals surface area contributed by atoms with Crippen LogP contribution in [-0.2, 0) is 4.79 Å². The first-order chi connectivity index (χ1) is 13.4. The Morgan fingerprint density at radius 2 is 1.82 bits per heavy atom. The van der Waals surface area contributed by atoms with E-state index in [0.29, 0.717) is 17.8 Å². The van der Waals surface area contributed by atoms with Crippen LogP contribution >= 0.6 is 0 Å². The van der Waals surface area contributed by atoms with Gasteiger partial charge in [-0.25, -0.2) is 0 Å². The van der Waals surface area contributed by atoms with E-state index < -0.39 is 17.6 Å². The summed E-state index contributed by atoms with van der Waals surface area (Å²) in [6.07, 6.45) is 9.42. The third kappa shape index (κ3) is 2.84. The first-order valence-corrected chi connectivity index (χ1v) is 11.1. The quantitative estimate of drug-likeness (QED) is 0.424. The summed E-state index contributed by atoms with van der Waals surface area (Å²) in [7, 11) is 0. The van der Waals surface area contributed by atoms with Gasteiger partial charge in [0.2, 0.25) is 0 Å². The van der Waals surface area contributed by atoms with Crippen LogP contribution in [0.15, 0.2) is 11.6 Å². The van der Waals surface area contributed by atoms with Gasteiger partial charge < -0.3 is 25.2 Å². The molecule has 0 bridgehead atoms. The molecule has 5 heteroatoms. The highest BCUT2D eigenvalue weighted by Gasteiger charge is 2.60. The van der Waals surface area contributed by atoms with Crippen molar-refractivity contribution in [2.24, 2.45) is 40.4 Å². The zero-order valence-electron chi connectivity index (χ0n) is 17.0. The highest BCUT2D eigenvalue weighted by Crippen LogP contribution is 2.66. The molecule has 0 aromatic carbocycles. The zero-order valence-corrected chi connectivity index (χ0v) is 17.0. The molecule has 0 heterocycles. The largest absolute Gasteiger partial charge is 0.394 e. The predicted molar refractivity (Wildman–Crippen MR) is 105 cm³/mol. The summed E-state index contributed by atoms with van der Waals surface area (Å²) >= 11 is 0. The first-order valence-electron chi connectivity index (χ1n) is 11.1. The molecule has 3 fully saturated rings. The number of carbonyl (C=O) groups excluding carboxylic acids is 1. The molecule has 0 spiro atoms. The average Bonchev–Trinajstić information content (AvgIpc) is 3.08. The van der Waals surface area contributed by atoms with E-state index in [-0.39, 0.29) is 30.5 Å². The minimum atomic E-state index is -0.700. The molecule has 158 valence electrons. The fourth-order valence-electron chi connectivity index (χ4n) is 7.89. The molecule has 0 saturated heterocycles.